The van der Waals surface area contributed by atoms with Crippen LogP contribution >= 0.6 is 11.6 Å². The molecule has 0 radical (unpaired) electrons. The van der Waals surface area contributed by atoms with E-state index in [0.717, 1.165) is 22.3 Å². The number of nitrogens with zero attached hydrogens (tertiary/aromatic N) is 3. The standard InChI is InChI=1S/C29H24ClFN6O2/c30-24-11-5-4-9-21(24)23-17-35-36-26(23)20-15-25(29(39)34-16-19-7-2-1-3-8-19)37(18-20)14-13-33-28(38)22-10-6-12-32-27(22)31/h1-12,15,17-18H,13-14,16H2,(H,33,38)(H,34,39)(H,35,36). The molecule has 0 atom stereocenters. The molecule has 0 spiro atoms. The second kappa shape index (κ2) is 11.7. The number of rotatable bonds is 9. The minimum Gasteiger partial charge on any atom is -0.350 e. The van der Waals surface area contributed by atoms with Crippen LogP contribution in [0, 0.1) is 5.95 Å². The average Bonchev–Trinajstić information content (AvgIpc) is 3.60. The molecule has 0 saturated carbocycles. The second-order valence-electron chi connectivity index (χ2n) is 8.71. The number of aromatic amines is 1. The summed E-state index contributed by atoms with van der Waals surface area (Å²) in [7, 11) is 0. The Hall–Kier alpha value is -4.76. The third-order valence-corrected chi connectivity index (χ3v) is 6.49. The van der Waals surface area contributed by atoms with Crippen molar-refractivity contribution in [3.63, 3.8) is 0 Å². The molecule has 0 aliphatic carbocycles. The lowest BCUT2D eigenvalue weighted by Gasteiger charge is -2.11. The molecule has 196 valence electrons. The highest BCUT2D eigenvalue weighted by Gasteiger charge is 2.19. The van der Waals surface area contributed by atoms with E-state index in [0.29, 0.717) is 23.0 Å². The molecular formula is C29H24ClFN6O2. The lowest BCUT2D eigenvalue weighted by molar-refractivity contribution is 0.0941. The predicted molar refractivity (Wildman–Crippen MR) is 147 cm³/mol. The Labute approximate surface area is 228 Å². The van der Waals surface area contributed by atoms with E-state index in [-0.39, 0.29) is 24.6 Å². The van der Waals surface area contributed by atoms with E-state index in [9.17, 15) is 14.0 Å². The quantitative estimate of drug-likeness (QED) is 0.226. The normalized spacial score (nSPS) is 10.8. The Bertz CT molecular complexity index is 1620. The summed E-state index contributed by atoms with van der Waals surface area (Å²) in [5.74, 6) is -1.71. The number of hydrogen-bond acceptors (Lipinski definition) is 4. The van der Waals surface area contributed by atoms with Crippen LogP contribution in [0.15, 0.2) is 91.4 Å². The number of benzene rings is 2. The van der Waals surface area contributed by atoms with E-state index >= 15 is 0 Å². The molecule has 0 unspecified atom stereocenters. The van der Waals surface area contributed by atoms with Gasteiger partial charge in [-0.15, -0.1) is 0 Å². The summed E-state index contributed by atoms with van der Waals surface area (Å²) >= 11 is 6.44. The highest BCUT2D eigenvalue weighted by atomic mass is 35.5. The first-order valence-electron chi connectivity index (χ1n) is 12.2. The van der Waals surface area contributed by atoms with Crippen molar-refractivity contribution in [1.82, 2.24) is 30.4 Å². The number of H-pyrrole nitrogens is 1. The molecule has 0 saturated heterocycles. The highest BCUT2D eigenvalue weighted by Crippen LogP contribution is 2.35. The van der Waals surface area contributed by atoms with E-state index in [1.807, 2.05) is 54.7 Å². The van der Waals surface area contributed by atoms with Crippen LogP contribution in [0.1, 0.15) is 26.4 Å². The van der Waals surface area contributed by atoms with Gasteiger partial charge in [0.2, 0.25) is 5.95 Å². The van der Waals surface area contributed by atoms with Crippen LogP contribution in [0.2, 0.25) is 5.02 Å². The Kier molecular flexibility index (Phi) is 7.79. The molecule has 0 bridgehead atoms. The zero-order valence-electron chi connectivity index (χ0n) is 20.7. The fraction of sp³-hybridized carbons (Fsp3) is 0.103. The molecule has 10 heteroatoms. The number of carbonyl (C=O) groups excluding carboxylic acids is 2. The predicted octanol–water partition coefficient (Wildman–Crippen LogP) is 5.09. The number of aromatic nitrogens is 4. The molecule has 39 heavy (non-hydrogen) atoms. The Morgan fingerprint density at radius 1 is 0.949 bits per heavy atom. The number of hydrogen-bond donors (Lipinski definition) is 3. The second-order valence-corrected chi connectivity index (χ2v) is 9.12. The van der Waals surface area contributed by atoms with E-state index in [1.165, 1.54) is 18.3 Å². The van der Waals surface area contributed by atoms with Crippen molar-refractivity contribution >= 4 is 23.4 Å². The van der Waals surface area contributed by atoms with Gasteiger partial charge in [0.05, 0.1) is 17.5 Å². The van der Waals surface area contributed by atoms with Gasteiger partial charge in [0.1, 0.15) is 5.69 Å². The Morgan fingerprint density at radius 3 is 2.54 bits per heavy atom. The topological polar surface area (TPSA) is 105 Å². The van der Waals surface area contributed by atoms with Crippen LogP contribution in [0.25, 0.3) is 22.4 Å². The van der Waals surface area contributed by atoms with Gasteiger partial charge in [-0.3, -0.25) is 14.7 Å². The van der Waals surface area contributed by atoms with Crippen LogP contribution in [0.5, 0.6) is 0 Å². The van der Waals surface area contributed by atoms with Crippen molar-refractivity contribution in [2.75, 3.05) is 6.54 Å². The molecular weight excluding hydrogens is 519 g/mol. The Morgan fingerprint density at radius 2 is 1.74 bits per heavy atom. The summed E-state index contributed by atoms with van der Waals surface area (Å²) in [4.78, 5) is 29.2. The molecule has 5 rings (SSSR count). The van der Waals surface area contributed by atoms with E-state index in [1.54, 1.807) is 22.9 Å². The summed E-state index contributed by atoms with van der Waals surface area (Å²) in [6.07, 6.45) is 4.77. The zero-order valence-corrected chi connectivity index (χ0v) is 21.5. The van der Waals surface area contributed by atoms with Gasteiger partial charge < -0.3 is 15.2 Å². The summed E-state index contributed by atoms with van der Waals surface area (Å²) < 4.78 is 15.6. The molecule has 0 aliphatic heterocycles. The minimum absolute atomic E-state index is 0.145. The summed E-state index contributed by atoms with van der Waals surface area (Å²) in [6.45, 7) is 0.768. The van der Waals surface area contributed by atoms with Gasteiger partial charge in [0, 0.05) is 53.7 Å². The van der Waals surface area contributed by atoms with Crippen molar-refractivity contribution in [1.29, 1.82) is 0 Å². The van der Waals surface area contributed by atoms with Gasteiger partial charge >= 0.3 is 0 Å². The third kappa shape index (κ3) is 5.89. The van der Waals surface area contributed by atoms with Crippen molar-refractivity contribution in [2.45, 2.75) is 13.1 Å². The average molecular weight is 543 g/mol. The van der Waals surface area contributed by atoms with Gasteiger partial charge in [-0.2, -0.15) is 9.49 Å². The highest BCUT2D eigenvalue weighted by molar-refractivity contribution is 6.33. The minimum atomic E-state index is -0.842. The molecule has 5 aromatic rings. The fourth-order valence-electron chi connectivity index (χ4n) is 4.22. The lowest BCUT2D eigenvalue weighted by atomic mass is 10.0. The maximum absolute atomic E-state index is 13.9. The lowest BCUT2D eigenvalue weighted by Crippen LogP contribution is -2.30. The molecule has 3 heterocycles. The van der Waals surface area contributed by atoms with Gasteiger partial charge in [-0.1, -0.05) is 60.1 Å². The number of pyridine rings is 1. The zero-order chi connectivity index (χ0) is 27.2. The first-order chi connectivity index (χ1) is 19.0. The largest absolute Gasteiger partial charge is 0.350 e. The van der Waals surface area contributed by atoms with Gasteiger partial charge in [-0.25, -0.2) is 4.98 Å². The number of nitrogens with one attached hydrogen (secondary N) is 3. The van der Waals surface area contributed by atoms with E-state index in [2.05, 4.69) is 25.8 Å². The molecule has 3 aromatic heterocycles. The molecule has 8 nitrogen and oxygen atoms in total. The van der Waals surface area contributed by atoms with Crippen LogP contribution in [0.3, 0.4) is 0 Å². The molecule has 0 aliphatic rings. The smallest absolute Gasteiger partial charge is 0.268 e. The number of carbonyl (C=O) groups is 2. The van der Waals surface area contributed by atoms with Crippen LogP contribution in [0.4, 0.5) is 4.39 Å². The molecule has 2 aromatic carbocycles. The Balaban J connectivity index is 1.40. The van der Waals surface area contributed by atoms with Crippen LogP contribution in [-0.2, 0) is 13.1 Å². The SMILES string of the molecule is O=C(NCCn1cc(-c2[nH]ncc2-c2ccccc2Cl)cc1C(=O)NCc1ccccc1)c1cccnc1F. The maximum Gasteiger partial charge on any atom is 0.268 e. The first kappa shape index (κ1) is 25.9. The first-order valence-corrected chi connectivity index (χ1v) is 12.6. The number of amides is 2. The monoisotopic (exact) mass is 542 g/mol. The summed E-state index contributed by atoms with van der Waals surface area (Å²) in [5, 5.41) is 13.4. The molecule has 2 amide bonds. The van der Waals surface area contributed by atoms with E-state index < -0.39 is 11.9 Å². The molecule has 3 N–H and O–H groups in total. The third-order valence-electron chi connectivity index (χ3n) is 6.16. The van der Waals surface area contributed by atoms with Crippen molar-refractivity contribution in [2.24, 2.45) is 0 Å². The van der Waals surface area contributed by atoms with Gasteiger partial charge in [-0.05, 0) is 29.8 Å². The fourth-order valence-corrected chi connectivity index (χ4v) is 4.46. The van der Waals surface area contributed by atoms with Crippen LogP contribution in [-0.4, -0.2) is 38.1 Å². The van der Waals surface area contributed by atoms with Crippen molar-refractivity contribution in [3.05, 3.63) is 119 Å². The summed E-state index contributed by atoms with van der Waals surface area (Å²) in [5.41, 5.74) is 4.21. The van der Waals surface area contributed by atoms with Crippen molar-refractivity contribution < 1.29 is 14.0 Å². The number of halogens is 2. The maximum atomic E-state index is 13.9. The van der Waals surface area contributed by atoms with Gasteiger partial charge in [0.15, 0.2) is 0 Å². The molecule has 0 fully saturated rings. The van der Waals surface area contributed by atoms with E-state index in [4.69, 9.17) is 11.6 Å². The van der Waals surface area contributed by atoms with Gasteiger partial charge in [0.25, 0.3) is 11.8 Å². The van der Waals surface area contributed by atoms with Crippen molar-refractivity contribution in [3.8, 4) is 22.4 Å². The van der Waals surface area contributed by atoms with Crippen LogP contribution < -0.4 is 10.6 Å². The summed E-state index contributed by atoms with van der Waals surface area (Å²) in [6, 6.07) is 21.6.